The van der Waals surface area contributed by atoms with Crippen LogP contribution in [0.1, 0.15) is 12.0 Å². The van der Waals surface area contributed by atoms with Crippen LogP contribution >= 0.6 is 24.0 Å². The van der Waals surface area contributed by atoms with Crippen molar-refractivity contribution in [3.63, 3.8) is 0 Å². The second-order valence-corrected chi connectivity index (χ2v) is 7.69. The zero-order valence-corrected chi connectivity index (χ0v) is 17.3. The molecule has 0 aliphatic carbocycles. The van der Waals surface area contributed by atoms with E-state index < -0.39 is 0 Å². The Hall–Kier alpha value is -2.51. The van der Waals surface area contributed by atoms with E-state index in [0.29, 0.717) is 33.9 Å². The molecule has 0 radical (unpaired) electrons. The fourth-order valence-electron chi connectivity index (χ4n) is 2.54. The van der Waals surface area contributed by atoms with Gasteiger partial charge in [0.05, 0.1) is 25.2 Å². The Morgan fingerprint density at radius 1 is 1.07 bits per heavy atom. The first-order chi connectivity index (χ1) is 13.6. The van der Waals surface area contributed by atoms with Crippen LogP contribution in [0.4, 0.5) is 0 Å². The monoisotopic (exact) mass is 415 g/mol. The average Bonchev–Trinajstić information content (AvgIpc) is 2.96. The van der Waals surface area contributed by atoms with Gasteiger partial charge in [-0.25, -0.2) is 0 Å². The normalized spacial score (nSPS) is 15.2. The Bertz CT molecular complexity index is 883. The molecule has 5 nitrogen and oxygen atoms in total. The van der Waals surface area contributed by atoms with Gasteiger partial charge in [-0.15, -0.1) is 0 Å². The van der Waals surface area contributed by atoms with Gasteiger partial charge in [0.1, 0.15) is 10.1 Å². The molecule has 0 atom stereocenters. The van der Waals surface area contributed by atoms with Crippen molar-refractivity contribution < 1.29 is 19.0 Å². The van der Waals surface area contributed by atoms with Gasteiger partial charge in [0, 0.05) is 13.5 Å². The van der Waals surface area contributed by atoms with Gasteiger partial charge in [-0.3, -0.25) is 9.69 Å². The summed E-state index contributed by atoms with van der Waals surface area (Å²) in [5, 5.41) is 0. The number of hydrogen-bond acceptors (Lipinski definition) is 6. The van der Waals surface area contributed by atoms with E-state index >= 15 is 0 Å². The zero-order chi connectivity index (χ0) is 19.9. The Morgan fingerprint density at radius 2 is 1.82 bits per heavy atom. The SMILES string of the molecule is COc1cc(/C=C2\SC(=S)N(C)C2=O)ccc1OCCCOc1ccccc1. The van der Waals surface area contributed by atoms with Gasteiger partial charge in [0.15, 0.2) is 11.5 Å². The quantitative estimate of drug-likeness (QED) is 0.362. The molecule has 3 rings (SSSR count). The second kappa shape index (κ2) is 9.61. The topological polar surface area (TPSA) is 48.0 Å². The highest BCUT2D eigenvalue weighted by Crippen LogP contribution is 2.34. The van der Waals surface area contributed by atoms with Crippen LogP contribution < -0.4 is 14.2 Å². The van der Waals surface area contributed by atoms with Crippen molar-refractivity contribution in [3.05, 3.63) is 59.0 Å². The highest BCUT2D eigenvalue weighted by molar-refractivity contribution is 8.26. The lowest BCUT2D eigenvalue weighted by molar-refractivity contribution is -0.121. The second-order valence-electron chi connectivity index (χ2n) is 6.01. The minimum Gasteiger partial charge on any atom is -0.493 e. The molecular formula is C21H21NO4S2. The first kappa shape index (κ1) is 20.2. The molecule has 1 saturated heterocycles. The highest BCUT2D eigenvalue weighted by Gasteiger charge is 2.28. The molecule has 0 spiro atoms. The summed E-state index contributed by atoms with van der Waals surface area (Å²) in [6, 6.07) is 15.3. The van der Waals surface area contributed by atoms with E-state index in [1.54, 1.807) is 14.2 Å². The molecule has 28 heavy (non-hydrogen) atoms. The van der Waals surface area contributed by atoms with Crippen LogP contribution in [0.3, 0.4) is 0 Å². The number of likely N-dealkylation sites (N-methyl/N-ethyl adjacent to an activating group) is 1. The Labute approximate surface area is 174 Å². The van der Waals surface area contributed by atoms with E-state index in [1.807, 2.05) is 54.6 Å². The van der Waals surface area contributed by atoms with Crippen LogP contribution in [-0.4, -0.2) is 42.5 Å². The van der Waals surface area contributed by atoms with Crippen LogP contribution in [0, 0.1) is 0 Å². The molecule has 0 bridgehead atoms. The van der Waals surface area contributed by atoms with Crippen molar-refractivity contribution in [1.82, 2.24) is 4.90 Å². The van der Waals surface area contributed by atoms with E-state index in [0.717, 1.165) is 17.7 Å². The number of amides is 1. The molecule has 1 heterocycles. The van der Waals surface area contributed by atoms with Crippen LogP contribution in [-0.2, 0) is 4.79 Å². The number of rotatable bonds is 8. The summed E-state index contributed by atoms with van der Waals surface area (Å²) in [6.45, 7) is 1.08. The Balaban J connectivity index is 1.56. The number of carbonyl (C=O) groups excluding carboxylic acids is 1. The van der Waals surface area contributed by atoms with E-state index in [2.05, 4.69) is 0 Å². The standard InChI is InChI=1S/C21H21NO4S2/c1-22-20(23)19(28-21(22)27)14-15-9-10-17(18(13-15)24-2)26-12-6-11-25-16-7-4-3-5-8-16/h3-5,7-10,13-14H,6,11-12H2,1-2H3/b19-14-. The van der Waals surface area contributed by atoms with Crippen LogP contribution in [0.25, 0.3) is 6.08 Å². The van der Waals surface area contributed by atoms with Crippen LogP contribution in [0.15, 0.2) is 53.4 Å². The Morgan fingerprint density at radius 3 is 2.50 bits per heavy atom. The average molecular weight is 416 g/mol. The van der Waals surface area contributed by atoms with Gasteiger partial charge in [-0.05, 0) is 35.9 Å². The molecule has 1 aliphatic rings. The molecule has 0 N–H and O–H groups in total. The summed E-state index contributed by atoms with van der Waals surface area (Å²) >= 11 is 6.45. The van der Waals surface area contributed by atoms with Crippen molar-refractivity contribution in [2.45, 2.75) is 6.42 Å². The van der Waals surface area contributed by atoms with Crippen LogP contribution in [0.5, 0.6) is 17.2 Å². The van der Waals surface area contributed by atoms with Crippen molar-refractivity contribution in [2.24, 2.45) is 0 Å². The third-order valence-electron chi connectivity index (χ3n) is 4.03. The maximum absolute atomic E-state index is 12.1. The summed E-state index contributed by atoms with van der Waals surface area (Å²) < 4.78 is 17.5. The van der Waals surface area contributed by atoms with Gasteiger partial charge < -0.3 is 14.2 Å². The number of nitrogens with zero attached hydrogens (tertiary/aromatic N) is 1. The van der Waals surface area contributed by atoms with Crippen molar-refractivity contribution in [2.75, 3.05) is 27.4 Å². The highest BCUT2D eigenvalue weighted by atomic mass is 32.2. The lowest BCUT2D eigenvalue weighted by Gasteiger charge is -2.12. The third kappa shape index (κ3) is 5.05. The number of methoxy groups -OCH3 is 1. The number of ether oxygens (including phenoxy) is 3. The summed E-state index contributed by atoms with van der Waals surface area (Å²) in [6.07, 6.45) is 2.56. The van der Waals surface area contributed by atoms with E-state index in [1.165, 1.54) is 16.7 Å². The van der Waals surface area contributed by atoms with Crippen LogP contribution in [0.2, 0.25) is 0 Å². The molecule has 1 amide bonds. The minimum absolute atomic E-state index is 0.0901. The van der Waals surface area contributed by atoms with E-state index in [-0.39, 0.29) is 5.91 Å². The summed E-state index contributed by atoms with van der Waals surface area (Å²) in [7, 11) is 3.27. The van der Waals surface area contributed by atoms with Gasteiger partial charge in [0.2, 0.25) is 0 Å². The molecule has 1 fully saturated rings. The summed E-state index contributed by atoms with van der Waals surface area (Å²) in [5.74, 6) is 2.03. The fourth-order valence-corrected chi connectivity index (χ4v) is 3.72. The Kier molecular flexibility index (Phi) is 6.95. The van der Waals surface area contributed by atoms with E-state index in [4.69, 9.17) is 26.4 Å². The first-order valence-electron chi connectivity index (χ1n) is 8.78. The minimum atomic E-state index is -0.0901. The number of thioether (sulfide) groups is 1. The molecule has 7 heteroatoms. The molecule has 2 aromatic rings. The maximum atomic E-state index is 12.1. The molecule has 2 aromatic carbocycles. The fraction of sp³-hybridized carbons (Fsp3) is 0.238. The van der Waals surface area contributed by atoms with Gasteiger partial charge in [-0.2, -0.15) is 0 Å². The number of para-hydroxylation sites is 1. The van der Waals surface area contributed by atoms with Gasteiger partial charge in [-0.1, -0.05) is 48.2 Å². The first-order valence-corrected chi connectivity index (χ1v) is 10.0. The zero-order valence-electron chi connectivity index (χ0n) is 15.7. The molecule has 0 unspecified atom stereocenters. The maximum Gasteiger partial charge on any atom is 0.265 e. The predicted molar refractivity (Wildman–Crippen MR) is 116 cm³/mol. The number of carbonyl (C=O) groups is 1. The smallest absolute Gasteiger partial charge is 0.265 e. The van der Waals surface area contributed by atoms with Crippen molar-refractivity contribution in [1.29, 1.82) is 0 Å². The number of thiocarbonyl (C=S) groups is 1. The number of benzene rings is 2. The third-order valence-corrected chi connectivity index (χ3v) is 5.51. The van der Waals surface area contributed by atoms with Gasteiger partial charge in [0.25, 0.3) is 5.91 Å². The molecule has 0 saturated carbocycles. The van der Waals surface area contributed by atoms with Crippen molar-refractivity contribution in [3.8, 4) is 17.2 Å². The summed E-state index contributed by atoms with van der Waals surface area (Å²) in [5.41, 5.74) is 0.852. The lowest BCUT2D eigenvalue weighted by Crippen LogP contribution is -2.22. The molecular weight excluding hydrogens is 394 g/mol. The van der Waals surface area contributed by atoms with Crippen molar-refractivity contribution >= 4 is 40.3 Å². The molecule has 146 valence electrons. The largest absolute Gasteiger partial charge is 0.493 e. The van der Waals surface area contributed by atoms with E-state index in [9.17, 15) is 4.79 Å². The predicted octanol–water partition coefficient (Wildman–Crippen LogP) is 4.37. The van der Waals surface area contributed by atoms with Gasteiger partial charge >= 0.3 is 0 Å². The summed E-state index contributed by atoms with van der Waals surface area (Å²) in [4.78, 5) is 14.2. The molecule has 0 aromatic heterocycles. The number of hydrogen-bond donors (Lipinski definition) is 0. The molecule has 1 aliphatic heterocycles. The lowest BCUT2D eigenvalue weighted by atomic mass is 10.2.